The number of alkyl halides is 3. The van der Waals surface area contributed by atoms with Crippen molar-refractivity contribution in [2.45, 2.75) is 3.79 Å². The van der Waals surface area contributed by atoms with Gasteiger partial charge in [0.25, 0.3) is 5.95 Å². The predicted molar refractivity (Wildman–Crippen MR) is 72.4 cm³/mol. The number of tetrazole rings is 1. The third-order valence-electron chi connectivity index (χ3n) is 1.89. The molecule has 2 rings (SSSR count). The van der Waals surface area contributed by atoms with Gasteiger partial charge in [0.05, 0.1) is 5.69 Å². The Kier molecular flexibility index (Phi) is 4.07. The van der Waals surface area contributed by atoms with Crippen LogP contribution in [-0.2, 0) is 0 Å². The summed E-state index contributed by atoms with van der Waals surface area (Å²) in [6.45, 7) is 0. The first-order valence-corrected chi connectivity index (χ1v) is 6.15. The predicted octanol–water partition coefficient (Wildman–Crippen LogP) is 3.30. The molecule has 0 unspecified atom stereocenters. The molecule has 0 aliphatic heterocycles. The number of para-hydroxylation sites is 1. The van der Waals surface area contributed by atoms with Gasteiger partial charge in [-0.1, -0.05) is 69.7 Å². The molecule has 94 valence electrons. The highest BCUT2D eigenvalue weighted by Gasteiger charge is 2.27. The van der Waals surface area contributed by atoms with Gasteiger partial charge in [0.1, 0.15) is 0 Å². The fourth-order valence-electron chi connectivity index (χ4n) is 1.14. The summed E-state index contributed by atoms with van der Waals surface area (Å²) < 4.78 is -0.437. The molecule has 0 radical (unpaired) electrons. The van der Waals surface area contributed by atoms with Crippen molar-refractivity contribution in [3.8, 4) is 5.69 Å². The molecular weight excluding hydrogens is 320 g/mol. The number of benzene rings is 1. The molecule has 2 aromatic rings. The Bertz CT molecular complexity index is 560. The minimum Gasteiger partial charge on any atom is -0.198 e. The number of hydrogen-bond acceptors (Lipinski definition) is 4. The lowest BCUT2D eigenvalue weighted by atomic mass is 10.3. The zero-order valence-electron chi connectivity index (χ0n) is 8.63. The van der Waals surface area contributed by atoms with Crippen molar-refractivity contribution in [1.29, 1.82) is 0 Å². The van der Waals surface area contributed by atoms with Crippen LogP contribution in [0.2, 0.25) is 0 Å². The van der Waals surface area contributed by atoms with E-state index in [1.807, 2.05) is 18.2 Å². The van der Waals surface area contributed by atoms with Gasteiger partial charge >= 0.3 is 0 Å². The fraction of sp³-hybridized carbons (Fsp3) is 0.111. The minimum absolute atomic E-state index is 0.123. The molecule has 1 aromatic carbocycles. The van der Waals surface area contributed by atoms with E-state index in [4.69, 9.17) is 46.4 Å². The molecule has 0 aliphatic rings. The van der Waals surface area contributed by atoms with Gasteiger partial charge in [-0.05, 0) is 22.6 Å². The Labute approximate surface area is 122 Å². The largest absolute Gasteiger partial charge is 0.275 e. The lowest BCUT2D eigenvalue weighted by Crippen LogP contribution is -2.12. The van der Waals surface area contributed by atoms with Gasteiger partial charge in [0, 0.05) is 0 Å². The van der Waals surface area contributed by atoms with E-state index in [9.17, 15) is 0 Å². The minimum atomic E-state index is -1.81. The van der Waals surface area contributed by atoms with Crippen LogP contribution in [0.25, 0.3) is 5.69 Å². The normalized spacial score (nSPS) is 12.8. The monoisotopic (exact) mass is 323 g/mol. The summed E-state index contributed by atoms with van der Waals surface area (Å²) in [5.41, 5.74) is 0.718. The summed E-state index contributed by atoms with van der Waals surface area (Å²) in [5, 5.41) is 10.7. The summed E-state index contributed by atoms with van der Waals surface area (Å²) in [6, 6.07) is 9.14. The zero-order valence-corrected chi connectivity index (χ0v) is 11.7. The molecule has 0 amide bonds. The number of aromatic nitrogens is 4. The van der Waals surface area contributed by atoms with Crippen LogP contribution in [0, 0.1) is 0 Å². The van der Waals surface area contributed by atoms with E-state index in [-0.39, 0.29) is 11.1 Å². The van der Waals surface area contributed by atoms with Gasteiger partial charge < -0.3 is 0 Å². The van der Waals surface area contributed by atoms with E-state index in [0.717, 1.165) is 5.69 Å². The van der Waals surface area contributed by atoms with E-state index in [0.29, 0.717) is 0 Å². The maximum Gasteiger partial charge on any atom is 0.275 e. The van der Waals surface area contributed by atoms with Crippen molar-refractivity contribution in [1.82, 2.24) is 20.2 Å². The third kappa shape index (κ3) is 3.11. The number of nitrogens with zero attached hydrogens (tertiary/aromatic N) is 5. The first-order chi connectivity index (χ1) is 8.48. The van der Waals surface area contributed by atoms with Crippen LogP contribution < -0.4 is 0 Å². The van der Waals surface area contributed by atoms with Gasteiger partial charge in [-0.15, -0.1) is 0 Å². The molecule has 0 saturated carbocycles. The van der Waals surface area contributed by atoms with Gasteiger partial charge in [-0.25, -0.2) is 0 Å². The van der Waals surface area contributed by atoms with Crippen molar-refractivity contribution in [2.24, 2.45) is 4.99 Å². The van der Waals surface area contributed by atoms with Gasteiger partial charge in [0.15, 0.2) is 5.17 Å². The van der Waals surface area contributed by atoms with Crippen LogP contribution in [0.3, 0.4) is 0 Å². The maximum absolute atomic E-state index is 5.75. The standard InChI is InChI=1S/C9H5Cl4N5/c10-7(9(11,12)13)14-8-15-16-17-18(8)6-4-2-1-3-5-6/h1-5H. The van der Waals surface area contributed by atoms with Crippen molar-refractivity contribution < 1.29 is 0 Å². The molecule has 5 nitrogen and oxygen atoms in total. The molecule has 0 atom stereocenters. The average molecular weight is 325 g/mol. The Hall–Kier alpha value is -0.880. The topological polar surface area (TPSA) is 56.0 Å². The lowest BCUT2D eigenvalue weighted by molar-refractivity contribution is 0.790. The second-order valence-corrected chi connectivity index (χ2v) is 5.77. The third-order valence-corrected chi connectivity index (χ3v) is 3.08. The maximum atomic E-state index is 5.75. The first-order valence-electron chi connectivity index (χ1n) is 4.63. The summed E-state index contributed by atoms with van der Waals surface area (Å²) >= 11 is 22.5. The highest BCUT2D eigenvalue weighted by molar-refractivity contribution is 6.89. The molecule has 0 saturated heterocycles. The van der Waals surface area contributed by atoms with E-state index >= 15 is 0 Å². The molecule has 0 spiro atoms. The molecule has 0 aliphatic carbocycles. The fourth-order valence-corrected chi connectivity index (χ4v) is 1.34. The smallest absolute Gasteiger partial charge is 0.198 e. The van der Waals surface area contributed by atoms with Crippen LogP contribution in [0.1, 0.15) is 0 Å². The molecule has 9 heteroatoms. The Morgan fingerprint density at radius 2 is 1.83 bits per heavy atom. The van der Waals surface area contributed by atoms with Crippen molar-refractivity contribution in [2.75, 3.05) is 0 Å². The lowest BCUT2D eigenvalue weighted by Gasteiger charge is -2.07. The van der Waals surface area contributed by atoms with Crippen LogP contribution in [0.4, 0.5) is 5.95 Å². The van der Waals surface area contributed by atoms with Crippen LogP contribution in [0.15, 0.2) is 35.3 Å². The van der Waals surface area contributed by atoms with E-state index in [1.165, 1.54) is 4.68 Å². The molecule has 18 heavy (non-hydrogen) atoms. The molecule has 0 bridgehead atoms. The SMILES string of the molecule is ClC(=Nc1nnnn1-c1ccccc1)C(Cl)(Cl)Cl. The highest BCUT2D eigenvalue weighted by atomic mass is 35.6. The number of hydrogen-bond donors (Lipinski definition) is 0. The second kappa shape index (κ2) is 5.40. The summed E-state index contributed by atoms with van der Waals surface area (Å²) in [5.74, 6) is 0.123. The van der Waals surface area contributed by atoms with Crippen molar-refractivity contribution in [3.63, 3.8) is 0 Å². The number of rotatable bonds is 2. The summed E-state index contributed by atoms with van der Waals surface area (Å²) in [7, 11) is 0. The molecule has 0 N–H and O–H groups in total. The van der Waals surface area contributed by atoms with Gasteiger partial charge in [-0.3, -0.25) is 0 Å². The van der Waals surface area contributed by atoms with E-state index in [1.54, 1.807) is 12.1 Å². The highest BCUT2D eigenvalue weighted by Crippen LogP contribution is 2.31. The van der Waals surface area contributed by atoms with Gasteiger partial charge in [0.2, 0.25) is 3.79 Å². The Morgan fingerprint density at radius 1 is 1.17 bits per heavy atom. The summed E-state index contributed by atoms with van der Waals surface area (Å²) in [4.78, 5) is 3.88. The van der Waals surface area contributed by atoms with Crippen LogP contribution in [-0.4, -0.2) is 29.2 Å². The summed E-state index contributed by atoms with van der Waals surface area (Å²) in [6.07, 6.45) is 0. The number of aliphatic imine (C=N–C) groups is 1. The van der Waals surface area contributed by atoms with Crippen LogP contribution >= 0.6 is 46.4 Å². The average Bonchev–Trinajstić information content (AvgIpc) is 2.77. The molecule has 1 aromatic heterocycles. The molecule has 0 fully saturated rings. The Morgan fingerprint density at radius 3 is 2.44 bits per heavy atom. The second-order valence-electron chi connectivity index (χ2n) is 3.13. The number of halogens is 4. The van der Waals surface area contributed by atoms with Crippen LogP contribution in [0.5, 0.6) is 0 Å². The first kappa shape index (κ1) is 13.5. The quantitative estimate of drug-likeness (QED) is 0.629. The zero-order chi connectivity index (χ0) is 13.2. The Balaban J connectivity index is 2.41. The molecule has 1 heterocycles. The van der Waals surface area contributed by atoms with Crippen molar-refractivity contribution >= 4 is 57.5 Å². The van der Waals surface area contributed by atoms with E-state index < -0.39 is 3.79 Å². The van der Waals surface area contributed by atoms with Gasteiger partial charge in [-0.2, -0.15) is 9.67 Å². The van der Waals surface area contributed by atoms with E-state index in [2.05, 4.69) is 20.5 Å². The molecular formula is C9H5Cl4N5. The van der Waals surface area contributed by atoms with Crippen molar-refractivity contribution in [3.05, 3.63) is 30.3 Å².